The van der Waals surface area contributed by atoms with Gasteiger partial charge in [-0.1, -0.05) is 32.8 Å². The van der Waals surface area contributed by atoms with Crippen LogP contribution in [0.15, 0.2) is 18.2 Å². The topological polar surface area (TPSA) is 43.8 Å². The fourth-order valence-corrected chi connectivity index (χ4v) is 3.74. The number of imidazole rings is 1. The molecule has 1 saturated carbocycles. The number of fused-ring (bicyclic) bond motifs is 1. The number of aryl methyl sites for hydroxylation is 1. The molecule has 21 heavy (non-hydrogen) atoms. The molecule has 1 aliphatic carbocycles. The highest BCUT2D eigenvalue weighted by atomic mass is 19.1. The maximum absolute atomic E-state index is 14.1. The lowest BCUT2D eigenvalue weighted by Crippen LogP contribution is -2.43. The maximum atomic E-state index is 14.1. The predicted molar refractivity (Wildman–Crippen MR) is 83.5 cm³/mol. The van der Waals surface area contributed by atoms with Crippen LogP contribution >= 0.6 is 0 Å². The molecule has 114 valence electrons. The smallest absolute Gasteiger partial charge is 0.151 e. The van der Waals surface area contributed by atoms with E-state index in [0.29, 0.717) is 11.4 Å². The SMILES string of the molecule is CCCn1c(C2(N)CCCC(C)C2)nc2c(F)cccc21. The Morgan fingerprint density at radius 3 is 3.00 bits per heavy atom. The van der Waals surface area contributed by atoms with Crippen molar-refractivity contribution in [2.24, 2.45) is 11.7 Å². The van der Waals surface area contributed by atoms with E-state index in [-0.39, 0.29) is 5.82 Å². The standard InChI is InChI=1S/C17H24FN3/c1-3-10-21-14-8-4-7-13(18)15(14)20-16(21)17(19)9-5-6-12(2)11-17/h4,7-8,12H,3,5-6,9-11,19H2,1-2H3. The van der Waals surface area contributed by atoms with Gasteiger partial charge in [-0.15, -0.1) is 0 Å². The molecule has 2 unspecified atom stereocenters. The van der Waals surface area contributed by atoms with Crippen LogP contribution in [-0.2, 0) is 12.1 Å². The van der Waals surface area contributed by atoms with Crippen molar-refractivity contribution in [1.29, 1.82) is 0 Å². The summed E-state index contributed by atoms with van der Waals surface area (Å²) in [7, 11) is 0. The van der Waals surface area contributed by atoms with Crippen LogP contribution in [0.2, 0.25) is 0 Å². The highest BCUT2D eigenvalue weighted by molar-refractivity contribution is 5.77. The molecule has 4 heteroatoms. The van der Waals surface area contributed by atoms with E-state index >= 15 is 0 Å². The minimum absolute atomic E-state index is 0.254. The Morgan fingerprint density at radius 1 is 1.48 bits per heavy atom. The number of halogens is 1. The summed E-state index contributed by atoms with van der Waals surface area (Å²) in [5, 5.41) is 0. The maximum Gasteiger partial charge on any atom is 0.151 e. The van der Waals surface area contributed by atoms with E-state index in [1.54, 1.807) is 6.07 Å². The molecular weight excluding hydrogens is 265 g/mol. The predicted octanol–water partition coefficient (Wildman–Crippen LogP) is 3.95. The van der Waals surface area contributed by atoms with Crippen molar-refractivity contribution in [3.05, 3.63) is 29.8 Å². The van der Waals surface area contributed by atoms with E-state index in [0.717, 1.165) is 43.6 Å². The molecule has 1 fully saturated rings. The number of aromatic nitrogens is 2. The lowest BCUT2D eigenvalue weighted by molar-refractivity contribution is 0.222. The summed E-state index contributed by atoms with van der Waals surface area (Å²) in [6.07, 6.45) is 5.20. The molecule has 1 aromatic carbocycles. The van der Waals surface area contributed by atoms with Crippen molar-refractivity contribution in [2.75, 3.05) is 0 Å². The van der Waals surface area contributed by atoms with Gasteiger partial charge in [-0.25, -0.2) is 9.37 Å². The van der Waals surface area contributed by atoms with E-state index in [2.05, 4.69) is 23.4 Å². The zero-order valence-corrected chi connectivity index (χ0v) is 12.9. The fraction of sp³-hybridized carbons (Fsp3) is 0.588. The zero-order valence-electron chi connectivity index (χ0n) is 12.9. The van der Waals surface area contributed by atoms with E-state index < -0.39 is 5.54 Å². The van der Waals surface area contributed by atoms with Gasteiger partial charge >= 0.3 is 0 Å². The molecule has 1 aromatic heterocycles. The normalized spacial score (nSPS) is 26.4. The Balaban J connectivity index is 2.16. The number of hydrogen-bond acceptors (Lipinski definition) is 2. The van der Waals surface area contributed by atoms with Gasteiger partial charge in [-0.05, 0) is 37.3 Å². The average molecular weight is 289 g/mol. The Hall–Kier alpha value is -1.42. The lowest BCUT2D eigenvalue weighted by atomic mass is 9.76. The van der Waals surface area contributed by atoms with Crippen LogP contribution in [0.3, 0.4) is 0 Å². The highest BCUT2D eigenvalue weighted by Crippen LogP contribution is 2.38. The quantitative estimate of drug-likeness (QED) is 0.929. The third-order valence-electron chi connectivity index (χ3n) is 4.65. The number of rotatable bonds is 3. The second-order valence-corrected chi connectivity index (χ2v) is 6.55. The first-order chi connectivity index (χ1) is 10.0. The molecule has 0 bridgehead atoms. The van der Waals surface area contributed by atoms with Crippen LogP contribution in [0.5, 0.6) is 0 Å². The van der Waals surface area contributed by atoms with Crippen molar-refractivity contribution in [3.63, 3.8) is 0 Å². The van der Waals surface area contributed by atoms with Crippen molar-refractivity contribution >= 4 is 11.0 Å². The Labute approximate surface area is 125 Å². The molecule has 3 nitrogen and oxygen atoms in total. The third kappa shape index (κ3) is 2.46. The average Bonchev–Trinajstić information content (AvgIpc) is 2.80. The lowest BCUT2D eigenvalue weighted by Gasteiger charge is -2.36. The first-order valence-corrected chi connectivity index (χ1v) is 7.99. The molecule has 1 heterocycles. The summed E-state index contributed by atoms with van der Waals surface area (Å²) < 4.78 is 16.2. The summed E-state index contributed by atoms with van der Waals surface area (Å²) in [4.78, 5) is 4.62. The monoisotopic (exact) mass is 289 g/mol. The van der Waals surface area contributed by atoms with Crippen molar-refractivity contribution < 1.29 is 4.39 Å². The van der Waals surface area contributed by atoms with Gasteiger partial charge < -0.3 is 10.3 Å². The number of hydrogen-bond donors (Lipinski definition) is 1. The molecule has 2 N–H and O–H groups in total. The summed E-state index contributed by atoms with van der Waals surface area (Å²) in [5.41, 5.74) is 7.62. The molecule has 3 rings (SSSR count). The van der Waals surface area contributed by atoms with E-state index in [1.165, 1.54) is 12.5 Å². The highest BCUT2D eigenvalue weighted by Gasteiger charge is 2.37. The van der Waals surface area contributed by atoms with Gasteiger partial charge in [0.15, 0.2) is 5.82 Å². The van der Waals surface area contributed by atoms with E-state index in [4.69, 9.17) is 5.73 Å². The van der Waals surface area contributed by atoms with Crippen molar-refractivity contribution in [2.45, 2.75) is 58.0 Å². The minimum atomic E-state index is -0.418. The van der Waals surface area contributed by atoms with Gasteiger partial charge in [-0.2, -0.15) is 0 Å². The summed E-state index contributed by atoms with van der Waals surface area (Å²) in [6.45, 7) is 5.21. The number of para-hydroxylation sites is 1. The zero-order chi connectivity index (χ0) is 15.0. The molecular formula is C17H24FN3. The van der Waals surface area contributed by atoms with E-state index in [9.17, 15) is 4.39 Å². The second kappa shape index (κ2) is 5.41. The Bertz CT molecular complexity index is 649. The summed E-state index contributed by atoms with van der Waals surface area (Å²) in [6, 6.07) is 5.17. The molecule has 0 saturated heterocycles. The molecule has 2 atom stereocenters. The van der Waals surface area contributed by atoms with Crippen molar-refractivity contribution in [1.82, 2.24) is 9.55 Å². The second-order valence-electron chi connectivity index (χ2n) is 6.55. The summed E-state index contributed by atoms with van der Waals surface area (Å²) in [5.74, 6) is 1.22. The van der Waals surface area contributed by atoms with Gasteiger partial charge in [0.05, 0.1) is 11.1 Å². The van der Waals surface area contributed by atoms with E-state index in [1.807, 2.05) is 6.07 Å². The molecule has 0 amide bonds. The molecule has 2 aromatic rings. The van der Waals surface area contributed by atoms with Crippen LogP contribution in [0.4, 0.5) is 4.39 Å². The first-order valence-electron chi connectivity index (χ1n) is 7.99. The number of benzene rings is 1. The summed E-state index contributed by atoms with van der Waals surface area (Å²) >= 11 is 0. The largest absolute Gasteiger partial charge is 0.326 e. The third-order valence-corrected chi connectivity index (χ3v) is 4.65. The molecule has 0 aliphatic heterocycles. The molecule has 0 spiro atoms. The van der Waals surface area contributed by atoms with Gasteiger partial charge in [0, 0.05) is 6.54 Å². The van der Waals surface area contributed by atoms with Crippen LogP contribution in [0.1, 0.15) is 51.8 Å². The van der Waals surface area contributed by atoms with Crippen LogP contribution in [-0.4, -0.2) is 9.55 Å². The molecule has 1 aliphatic rings. The van der Waals surface area contributed by atoms with Gasteiger partial charge in [0.2, 0.25) is 0 Å². The van der Waals surface area contributed by atoms with Gasteiger partial charge in [0.25, 0.3) is 0 Å². The van der Waals surface area contributed by atoms with Crippen LogP contribution in [0, 0.1) is 11.7 Å². The van der Waals surface area contributed by atoms with Gasteiger partial charge in [0.1, 0.15) is 11.3 Å². The van der Waals surface area contributed by atoms with Crippen LogP contribution in [0.25, 0.3) is 11.0 Å². The van der Waals surface area contributed by atoms with Gasteiger partial charge in [-0.3, -0.25) is 0 Å². The Kier molecular flexibility index (Phi) is 3.74. The molecule has 0 radical (unpaired) electrons. The minimum Gasteiger partial charge on any atom is -0.326 e. The fourth-order valence-electron chi connectivity index (χ4n) is 3.74. The van der Waals surface area contributed by atoms with Crippen molar-refractivity contribution in [3.8, 4) is 0 Å². The van der Waals surface area contributed by atoms with Crippen LogP contribution < -0.4 is 5.73 Å². The number of nitrogens with two attached hydrogens (primary N) is 1. The Morgan fingerprint density at radius 2 is 2.29 bits per heavy atom. The first kappa shape index (κ1) is 14.5. The number of nitrogens with zero attached hydrogens (tertiary/aromatic N) is 2.